The first-order valence-electron chi connectivity index (χ1n) is 11.4. The summed E-state index contributed by atoms with van der Waals surface area (Å²) in [6, 6.07) is 15.6. The fourth-order valence-electron chi connectivity index (χ4n) is 4.20. The Morgan fingerprint density at radius 1 is 0.923 bits per heavy atom. The van der Waals surface area contributed by atoms with Crippen molar-refractivity contribution < 1.29 is 21.8 Å². The molecular weight excluding hydrogens is 572 g/mol. The average Bonchev–Trinajstić information content (AvgIpc) is 3.46. The molecular formula is C27H19Cl2F3N4O2S. The van der Waals surface area contributed by atoms with E-state index in [0.717, 1.165) is 17.3 Å². The number of alkyl halides is 3. The highest BCUT2D eigenvalue weighted by Gasteiger charge is 2.35. The molecule has 3 heterocycles. The third-order valence-electron chi connectivity index (χ3n) is 5.98. The summed E-state index contributed by atoms with van der Waals surface area (Å²) < 4.78 is 59.9. The number of rotatable bonds is 5. The van der Waals surface area contributed by atoms with Gasteiger partial charge in [-0.3, -0.25) is 4.21 Å². The van der Waals surface area contributed by atoms with E-state index < -0.39 is 22.7 Å². The van der Waals surface area contributed by atoms with Gasteiger partial charge >= 0.3 is 6.18 Å². The van der Waals surface area contributed by atoms with Gasteiger partial charge < -0.3 is 8.98 Å². The normalized spacial score (nSPS) is 12.6. The molecule has 0 spiro atoms. The number of hydrogen-bond donors (Lipinski definition) is 0. The van der Waals surface area contributed by atoms with Gasteiger partial charge in [-0.05, 0) is 54.4 Å². The van der Waals surface area contributed by atoms with E-state index in [0.29, 0.717) is 33.3 Å². The van der Waals surface area contributed by atoms with Gasteiger partial charge in [0.15, 0.2) is 17.3 Å². The van der Waals surface area contributed by atoms with Gasteiger partial charge in [-0.2, -0.15) is 13.2 Å². The van der Waals surface area contributed by atoms with Crippen LogP contribution >= 0.6 is 23.2 Å². The Kier molecular flexibility index (Phi) is 7.13. The summed E-state index contributed by atoms with van der Waals surface area (Å²) in [6.07, 6.45) is -2.09. The number of oxazole rings is 1. The lowest BCUT2D eigenvalue weighted by Gasteiger charge is -2.14. The fraction of sp³-hybridized carbons (Fsp3) is 0.148. The quantitative estimate of drug-likeness (QED) is 0.194. The predicted molar refractivity (Wildman–Crippen MR) is 145 cm³/mol. The number of hydrogen-bond acceptors (Lipinski definition) is 5. The minimum absolute atomic E-state index is 0.0777. The Balaban J connectivity index is 1.79. The largest absolute Gasteiger partial charge is 0.440 e. The van der Waals surface area contributed by atoms with Gasteiger partial charge in [0.1, 0.15) is 21.8 Å². The van der Waals surface area contributed by atoms with Crippen LogP contribution in [0.3, 0.4) is 0 Å². The maximum absolute atomic E-state index is 13.5. The van der Waals surface area contributed by atoms with Crippen LogP contribution in [0.1, 0.15) is 17.4 Å². The molecule has 6 nitrogen and oxygen atoms in total. The molecule has 0 amide bonds. The van der Waals surface area contributed by atoms with Crippen molar-refractivity contribution in [1.29, 1.82) is 0 Å². The number of pyridine rings is 1. The molecule has 5 rings (SSSR count). The molecule has 0 fully saturated rings. The van der Waals surface area contributed by atoms with Crippen LogP contribution in [0, 0.1) is 13.8 Å². The lowest BCUT2D eigenvalue weighted by molar-refractivity contribution is -0.141. The van der Waals surface area contributed by atoms with Crippen molar-refractivity contribution in [2.24, 2.45) is 0 Å². The minimum atomic E-state index is -4.62. The molecule has 0 aliphatic rings. The van der Waals surface area contributed by atoms with Crippen molar-refractivity contribution >= 4 is 34.0 Å². The summed E-state index contributed by atoms with van der Waals surface area (Å²) >= 11 is 12.4. The zero-order chi connectivity index (χ0) is 28.1. The van der Waals surface area contributed by atoms with Crippen molar-refractivity contribution in [3.63, 3.8) is 0 Å². The molecule has 2 aromatic carbocycles. The Morgan fingerprint density at radius 2 is 1.67 bits per heavy atom. The standard InChI is InChI=1S/C27H19Cl2F3N4O2S/c1-14-33-22(27(30,31)32)13-36(14)21-9-7-17(16-5-4-6-18(11-16)39(3)37)12-20(21)24-25(38-15(2)34-24)19-8-10-23(28)35-26(19)29/h4-13H,1-3H3. The molecule has 200 valence electrons. The number of nitrogens with zero attached hydrogens (tertiary/aromatic N) is 4. The highest BCUT2D eigenvalue weighted by molar-refractivity contribution is 7.84. The van der Waals surface area contributed by atoms with Crippen molar-refractivity contribution in [3.05, 3.63) is 88.5 Å². The monoisotopic (exact) mass is 590 g/mol. The Bertz CT molecular complexity index is 1750. The first-order chi connectivity index (χ1) is 18.4. The summed E-state index contributed by atoms with van der Waals surface area (Å²) in [4.78, 5) is 13.0. The predicted octanol–water partition coefficient (Wildman–Crippen LogP) is 7.94. The van der Waals surface area contributed by atoms with Crippen molar-refractivity contribution in [2.45, 2.75) is 24.9 Å². The number of halogens is 5. The van der Waals surface area contributed by atoms with Crippen LogP contribution in [0.15, 0.2) is 70.1 Å². The minimum Gasteiger partial charge on any atom is -0.440 e. The average molecular weight is 591 g/mol. The fourth-order valence-corrected chi connectivity index (χ4v) is 5.19. The Hall–Kier alpha value is -3.47. The van der Waals surface area contributed by atoms with Crippen LogP contribution in [0.4, 0.5) is 13.2 Å². The first-order valence-corrected chi connectivity index (χ1v) is 13.8. The molecule has 0 bridgehead atoms. The Labute approximate surface area is 233 Å². The molecule has 1 unspecified atom stereocenters. The number of aromatic nitrogens is 4. The van der Waals surface area contributed by atoms with Gasteiger partial charge in [0.05, 0.1) is 11.3 Å². The molecule has 0 saturated heterocycles. The van der Waals surface area contributed by atoms with E-state index >= 15 is 0 Å². The van der Waals surface area contributed by atoms with Gasteiger partial charge in [0.2, 0.25) is 0 Å². The van der Waals surface area contributed by atoms with E-state index in [2.05, 4.69) is 15.0 Å². The van der Waals surface area contributed by atoms with E-state index in [-0.39, 0.29) is 21.9 Å². The Morgan fingerprint density at radius 3 is 2.33 bits per heavy atom. The van der Waals surface area contributed by atoms with E-state index in [1.807, 2.05) is 6.07 Å². The smallest absolute Gasteiger partial charge is 0.434 e. The van der Waals surface area contributed by atoms with Crippen molar-refractivity contribution in [1.82, 2.24) is 19.5 Å². The molecule has 39 heavy (non-hydrogen) atoms. The molecule has 5 aromatic rings. The molecule has 0 radical (unpaired) electrons. The van der Waals surface area contributed by atoms with E-state index in [9.17, 15) is 17.4 Å². The van der Waals surface area contributed by atoms with E-state index in [4.69, 9.17) is 27.6 Å². The summed E-state index contributed by atoms with van der Waals surface area (Å²) in [6.45, 7) is 3.14. The lowest BCUT2D eigenvalue weighted by Crippen LogP contribution is -2.05. The summed E-state index contributed by atoms with van der Waals surface area (Å²) in [7, 11) is -1.21. The van der Waals surface area contributed by atoms with Crippen molar-refractivity contribution in [3.8, 4) is 39.4 Å². The molecule has 1 atom stereocenters. The van der Waals surface area contributed by atoms with Crippen LogP contribution in [-0.2, 0) is 17.0 Å². The molecule has 0 aliphatic carbocycles. The molecule has 12 heteroatoms. The molecule has 0 N–H and O–H groups in total. The lowest BCUT2D eigenvalue weighted by atomic mass is 9.98. The molecule has 0 saturated carbocycles. The van der Waals surface area contributed by atoms with Crippen molar-refractivity contribution in [2.75, 3.05) is 6.26 Å². The van der Waals surface area contributed by atoms with Gasteiger partial charge in [-0.15, -0.1) is 0 Å². The van der Waals surface area contributed by atoms with E-state index in [1.54, 1.807) is 61.7 Å². The van der Waals surface area contributed by atoms with Crippen LogP contribution < -0.4 is 0 Å². The topological polar surface area (TPSA) is 73.8 Å². The van der Waals surface area contributed by atoms with E-state index in [1.165, 1.54) is 11.5 Å². The maximum Gasteiger partial charge on any atom is 0.434 e. The molecule has 3 aromatic heterocycles. The van der Waals surface area contributed by atoms with Crippen LogP contribution in [0.25, 0.3) is 39.4 Å². The zero-order valence-corrected chi connectivity index (χ0v) is 23.0. The van der Waals surface area contributed by atoms with Gasteiger partial charge in [0, 0.05) is 40.6 Å². The summed E-state index contributed by atoms with van der Waals surface area (Å²) in [5.74, 6) is 0.717. The summed E-state index contributed by atoms with van der Waals surface area (Å²) in [5, 5.41) is 0.264. The number of aryl methyl sites for hydroxylation is 2. The van der Waals surface area contributed by atoms with Crippen LogP contribution in [0.5, 0.6) is 0 Å². The number of benzene rings is 2. The van der Waals surface area contributed by atoms with Crippen LogP contribution in [0.2, 0.25) is 10.3 Å². The number of imidazole rings is 1. The third kappa shape index (κ3) is 5.36. The second kappa shape index (κ2) is 10.3. The second-order valence-corrected chi connectivity index (χ2v) is 10.8. The highest BCUT2D eigenvalue weighted by atomic mass is 35.5. The third-order valence-corrected chi connectivity index (χ3v) is 7.39. The second-order valence-electron chi connectivity index (χ2n) is 8.64. The first kappa shape index (κ1) is 27.1. The summed E-state index contributed by atoms with van der Waals surface area (Å²) in [5.41, 5.74) is 2.07. The highest BCUT2D eigenvalue weighted by Crippen LogP contribution is 2.41. The SMILES string of the molecule is Cc1nc(-c2cc(-c3cccc(S(C)=O)c3)ccc2-n2cc(C(F)(F)F)nc2C)c(-c2ccc(Cl)nc2Cl)o1. The van der Waals surface area contributed by atoms with Crippen LogP contribution in [-0.4, -0.2) is 30.0 Å². The van der Waals surface area contributed by atoms with Gasteiger partial charge in [-0.1, -0.05) is 41.4 Å². The molecule has 0 aliphatic heterocycles. The zero-order valence-electron chi connectivity index (χ0n) is 20.7. The van der Waals surface area contributed by atoms with Gasteiger partial charge in [0.25, 0.3) is 0 Å². The maximum atomic E-state index is 13.5. The van der Waals surface area contributed by atoms with Gasteiger partial charge in [-0.25, -0.2) is 15.0 Å².